The molecule has 1 aliphatic heterocycles. The number of carbonyl (C=O) groups is 1. The Balaban J connectivity index is 1.58. The highest BCUT2D eigenvalue weighted by molar-refractivity contribution is 7.89. The van der Waals surface area contributed by atoms with E-state index < -0.39 is 16.1 Å². The van der Waals surface area contributed by atoms with Crippen LogP contribution < -0.4 is 19.7 Å². The molecule has 0 saturated carbocycles. The molecule has 1 heterocycles. The summed E-state index contributed by atoms with van der Waals surface area (Å²) in [5, 5.41) is 2.87. The molecule has 3 aromatic carbocycles. The van der Waals surface area contributed by atoms with Gasteiger partial charge in [-0.05, 0) is 54.9 Å². The summed E-state index contributed by atoms with van der Waals surface area (Å²) < 4.78 is 35.4. The molecule has 2 N–H and O–H groups in total. The molecule has 3 aromatic rings. The monoisotopic (exact) mass is 536 g/mol. The van der Waals surface area contributed by atoms with Crippen LogP contribution in [0.25, 0.3) is 0 Å². The standard InChI is InChI=1S/C29H36N4O4S/c1-4-32-16-18-33(19-17-32)27-15-12-25(30-29(34)20-23-10-13-26(37-3)14-11-23)21-28(27)38(35,36)31-22(2)24-8-6-5-7-9-24/h5-15,21-22,31H,4,16-20H2,1-3H3,(H,30,34). The summed E-state index contributed by atoms with van der Waals surface area (Å²) >= 11 is 0. The van der Waals surface area contributed by atoms with Crippen molar-refractivity contribution in [2.75, 3.05) is 50.1 Å². The number of methoxy groups -OCH3 is 1. The van der Waals surface area contributed by atoms with Gasteiger partial charge in [0.2, 0.25) is 15.9 Å². The van der Waals surface area contributed by atoms with Gasteiger partial charge in [0.25, 0.3) is 0 Å². The van der Waals surface area contributed by atoms with Crippen molar-refractivity contribution in [3.05, 3.63) is 83.9 Å². The lowest BCUT2D eigenvalue weighted by atomic mass is 10.1. The summed E-state index contributed by atoms with van der Waals surface area (Å²) in [6.45, 7) is 8.11. The number of hydrogen-bond donors (Lipinski definition) is 2. The van der Waals surface area contributed by atoms with Crippen molar-refractivity contribution in [2.24, 2.45) is 0 Å². The fraction of sp³-hybridized carbons (Fsp3) is 0.345. The highest BCUT2D eigenvalue weighted by atomic mass is 32.2. The van der Waals surface area contributed by atoms with Gasteiger partial charge in [0.15, 0.2) is 0 Å². The number of ether oxygens (including phenoxy) is 1. The number of benzene rings is 3. The van der Waals surface area contributed by atoms with Crippen molar-refractivity contribution in [1.29, 1.82) is 0 Å². The van der Waals surface area contributed by atoms with E-state index in [0.717, 1.165) is 49.6 Å². The maximum absolute atomic E-state index is 13.7. The maximum atomic E-state index is 13.7. The van der Waals surface area contributed by atoms with Gasteiger partial charge in [0, 0.05) is 37.9 Å². The fourth-order valence-corrected chi connectivity index (χ4v) is 6.10. The number of hydrogen-bond acceptors (Lipinski definition) is 6. The van der Waals surface area contributed by atoms with Gasteiger partial charge in [0.05, 0.1) is 19.2 Å². The summed E-state index contributed by atoms with van der Waals surface area (Å²) in [5.41, 5.74) is 2.78. The molecule has 0 radical (unpaired) electrons. The molecular weight excluding hydrogens is 500 g/mol. The lowest BCUT2D eigenvalue weighted by molar-refractivity contribution is -0.115. The summed E-state index contributed by atoms with van der Waals surface area (Å²) in [6.07, 6.45) is 0.163. The van der Waals surface area contributed by atoms with Gasteiger partial charge < -0.3 is 19.9 Å². The quantitative estimate of drug-likeness (QED) is 0.406. The molecule has 202 valence electrons. The molecule has 8 nitrogen and oxygen atoms in total. The molecule has 0 aromatic heterocycles. The van der Waals surface area contributed by atoms with Crippen molar-refractivity contribution in [3.63, 3.8) is 0 Å². The first-order valence-electron chi connectivity index (χ1n) is 12.9. The fourth-order valence-electron chi connectivity index (χ4n) is 4.61. The SMILES string of the molecule is CCN1CCN(c2ccc(NC(=O)Cc3ccc(OC)cc3)cc2S(=O)(=O)NC(C)c2ccccc2)CC1. The molecule has 9 heteroatoms. The minimum absolute atomic E-state index is 0.160. The van der Waals surface area contributed by atoms with Crippen LogP contribution in [0.15, 0.2) is 77.7 Å². The zero-order valence-corrected chi connectivity index (χ0v) is 23.0. The Hall–Kier alpha value is -3.40. The first kappa shape index (κ1) is 27.6. The minimum Gasteiger partial charge on any atom is -0.497 e. The van der Waals surface area contributed by atoms with Crippen LogP contribution in [0.5, 0.6) is 5.75 Å². The molecule has 0 spiro atoms. The Morgan fingerprint density at radius 3 is 2.29 bits per heavy atom. The zero-order valence-electron chi connectivity index (χ0n) is 22.2. The average Bonchev–Trinajstić information content (AvgIpc) is 2.93. The van der Waals surface area contributed by atoms with Gasteiger partial charge in [-0.3, -0.25) is 4.79 Å². The Morgan fingerprint density at radius 2 is 1.66 bits per heavy atom. The van der Waals surface area contributed by atoms with Crippen LogP contribution in [0.2, 0.25) is 0 Å². The number of carbonyl (C=O) groups excluding carboxylic acids is 1. The summed E-state index contributed by atoms with van der Waals surface area (Å²) in [5.74, 6) is 0.491. The number of rotatable bonds is 10. The van der Waals surface area contributed by atoms with E-state index >= 15 is 0 Å². The predicted octanol–water partition coefficient (Wildman–Crippen LogP) is 4.06. The molecule has 1 saturated heterocycles. The summed E-state index contributed by atoms with van der Waals surface area (Å²) in [7, 11) is -2.31. The summed E-state index contributed by atoms with van der Waals surface area (Å²) in [6, 6.07) is 21.5. The molecule has 1 amide bonds. The second-order valence-corrected chi connectivity index (χ2v) is 11.1. The van der Waals surface area contributed by atoms with Crippen LogP contribution in [0.3, 0.4) is 0 Å². The summed E-state index contributed by atoms with van der Waals surface area (Å²) in [4.78, 5) is 17.4. The van der Waals surface area contributed by atoms with Crippen LogP contribution in [-0.4, -0.2) is 59.1 Å². The molecule has 0 bridgehead atoms. The van der Waals surface area contributed by atoms with E-state index in [1.165, 1.54) is 0 Å². The Labute approximate surface area is 225 Å². The largest absolute Gasteiger partial charge is 0.497 e. The van der Waals surface area contributed by atoms with Crippen LogP contribution >= 0.6 is 0 Å². The number of nitrogens with one attached hydrogen (secondary N) is 2. The molecule has 1 aliphatic rings. The Kier molecular flexibility index (Phi) is 9.04. The number of piperazine rings is 1. The third-order valence-electron chi connectivity index (χ3n) is 6.85. The van der Waals surface area contributed by atoms with E-state index in [9.17, 15) is 13.2 Å². The number of amides is 1. The molecule has 38 heavy (non-hydrogen) atoms. The van der Waals surface area contributed by atoms with Crippen molar-refractivity contribution in [1.82, 2.24) is 9.62 Å². The van der Waals surface area contributed by atoms with E-state index in [2.05, 4.69) is 26.8 Å². The van der Waals surface area contributed by atoms with Gasteiger partial charge in [-0.1, -0.05) is 49.4 Å². The van der Waals surface area contributed by atoms with E-state index in [-0.39, 0.29) is 17.2 Å². The van der Waals surface area contributed by atoms with E-state index in [1.54, 1.807) is 37.4 Å². The van der Waals surface area contributed by atoms with Crippen molar-refractivity contribution in [3.8, 4) is 5.75 Å². The highest BCUT2D eigenvalue weighted by Gasteiger charge is 2.27. The predicted molar refractivity (Wildman–Crippen MR) is 151 cm³/mol. The molecule has 1 atom stereocenters. The van der Waals surface area contributed by atoms with Crippen LogP contribution in [0.1, 0.15) is 31.0 Å². The average molecular weight is 537 g/mol. The Morgan fingerprint density at radius 1 is 0.974 bits per heavy atom. The maximum Gasteiger partial charge on any atom is 0.243 e. The van der Waals surface area contributed by atoms with Gasteiger partial charge in [-0.25, -0.2) is 13.1 Å². The lowest BCUT2D eigenvalue weighted by Crippen LogP contribution is -2.46. The molecule has 1 fully saturated rings. The van der Waals surface area contributed by atoms with Crippen LogP contribution in [0, 0.1) is 0 Å². The second kappa shape index (κ2) is 12.4. The first-order chi connectivity index (χ1) is 18.3. The second-order valence-electron chi connectivity index (χ2n) is 9.43. The number of nitrogens with zero attached hydrogens (tertiary/aromatic N) is 2. The normalized spacial score (nSPS) is 15.2. The number of anilines is 2. The molecule has 0 aliphatic carbocycles. The molecular formula is C29H36N4O4S. The van der Waals surface area contributed by atoms with E-state index in [4.69, 9.17) is 4.74 Å². The third kappa shape index (κ3) is 6.92. The van der Waals surface area contributed by atoms with E-state index in [0.29, 0.717) is 11.4 Å². The molecule has 1 unspecified atom stereocenters. The zero-order chi connectivity index (χ0) is 27.1. The smallest absolute Gasteiger partial charge is 0.243 e. The lowest BCUT2D eigenvalue weighted by Gasteiger charge is -2.36. The van der Waals surface area contributed by atoms with Gasteiger partial charge in [-0.15, -0.1) is 0 Å². The number of likely N-dealkylation sites (N-methyl/N-ethyl adjacent to an activating group) is 1. The van der Waals surface area contributed by atoms with E-state index in [1.807, 2.05) is 49.4 Å². The third-order valence-corrected chi connectivity index (χ3v) is 8.42. The topological polar surface area (TPSA) is 91.0 Å². The highest BCUT2D eigenvalue weighted by Crippen LogP contribution is 2.31. The van der Waals surface area contributed by atoms with Crippen molar-refractivity contribution >= 4 is 27.3 Å². The first-order valence-corrected chi connectivity index (χ1v) is 14.4. The van der Waals surface area contributed by atoms with Crippen molar-refractivity contribution in [2.45, 2.75) is 31.2 Å². The molecule has 4 rings (SSSR count). The van der Waals surface area contributed by atoms with Gasteiger partial charge in [-0.2, -0.15) is 0 Å². The van der Waals surface area contributed by atoms with Gasteiger partial charge >= 0.3 is 0 Å². The van der Waals surface area contributed by atoms with Crippen LogP contribution in [0.4, 0.5) is 11.4 Å². The van der Waals surface area contributed by atoms with Crippen molar-refractivity contribution < 1.29 is 17.9 Å². The Bertz CT molecular complexity index is 1320. The minimum atomic E-state index is -3.90. The van der Waals surface area contributed by atoms with Gasteiger partial charge in [0.1, 0.15) is 10.6 Å². The van der Waals surface area contributed by atoms with Crippen LogP contribution in [-0.2, 0) is 21.2 Å². The number of sulfonamides is 1.